The second kappa shape index (κ2) is 7.16. The Morgan fingerprint density at radius 1 is 1.38 bits per heavy atom. The molecule has 0 saturated heterocycles. The third-order valence-corrected chi connectivity index (χ3v) is 4.89. The van der Waals surface area contributed by atoms with Gasteiger partial charge in [0.15, 0.2) is 11.6 Å². The van der Waals surface area contributed by atoms with Crippen LogP contribution < -0.4 is 10.5 Å². The largest absolute Gasteiger partial charge is 0.467 e. The van der Waals surface area contributed by atoms with Crippen LogP contribution in [0.3, 0.4) is 0 Å². The third kappa shape index (κ3) is 3.28. The average molecular weight is 397 g/mol. The maximum absolute atomic E-state index is 13.9. The van der Waals surface area contributed by atoms with Crippen molar-refractivity contribution in [3.8, 4) is 17.1 Å². The number of anilines is 1. The smallest absolute Gasteiger partial charge is 0.258 e. The monoisotopic (exact) mass is 397 g/mol. The predicted molar refractivity (Wildman–Crippen MR) is 103 cm³/mol. The number of carbonyl (C=O) groups is 1. The molecule has 9 heteroatoms. The van der Waals surface area contributed by atoms with Gasteiger partial charge in [0, 0.05) is 18.2 Å². The van der Waals surface area contributed by atoms with Gasteiger partial charge in [-0.25, -0.2) is 14.4 Å². The van der Waals surface area contributed by atoms with Crippen molar-refractivity contribution >= 4 is 11.7 Å². The van der Waals surface area contributed by atoms with Gasteiger partial charge >= 0.3 is 0 Å². The van der Waals surface area contributed by atoms with Crippen LogP contribution in [0, 0.1) is 5.82 Å². The van der Waals surface area contributed by atoms with Crippen LogP contribution in [0.15, 0.2) is 28.9 Å². The topological polar surface area (TPSA) is 107 Å². The standard InChI is InChI=1S/C20H20FN5O3/c1-4-14-17-15-8-23-18(22)19(24-15)28-10(2)13-7-11(21)5-6-12(13)20(27)26(3)9-16(17)29-25-14/h5-8,10H,4,9H2,1-3H3,(H2,22,23)/t10-/m1/s1. The van der Waals surface area contributed by atoms with Crippen LogP contribution in [0.2, 0.25) is 0 Å². The molecule has 8 nitrogen and oxygen atoms in total. The molecule has 1 amide bonds. The highest BCUT2D eigenvalue weighted by Crippen LogP contribution is 2.33. The van der Waals surface area contributed by atoms with E-state index < -0.39 is 11.9 Å². The number of carbonyl (C=O) groups excluding carboxylic acids is 1. The lowest BCUT2D eigenvalue weighted by Crippen LogP contribution is -2.28. The Balaban J connectivity index is 1.94. The number of rotatable bonds is 1. The molecular formula is C20H20FN5O3. The molecule has 0 unspecified atom stereocenters. The second-order valence-electron chi connectivity index (χ2n) is 6.88. The number of fused-ring (bicyclic) bond motifs is 5. The first-order valence-electron chi connectivity index (χ1n) is 9.20. The minimum Gasteiger partial charge on any atom is -0.467 e. The van der Waals surface area contributed by atoms with Gasteiger partial charge in [-0.15, -0.1) is 0 Å². The van der Waals surface area contributed by atoms with Gasteiger partial charge in [0.1, 0.15) is 11.9 Å². The number of amides is 1. The van der Waals surface area contributed by atoms with Gasteiger partial charge in [0.05, 0.1) is 29.7 Å². The first-order chi connectivity index (χ1) is 13.9. The van der Waals surface area contributed by atoms with Crippen molar-refractivity contribution in [2.45, 2.75) is 32.9 Å². The number of ether oxygens (including phenoxy) is 1. The number of aryl methyl sites for hydroxylation is 1. The van der Waals surface area contributed by atoms with Crippen LogP contribution in [0.5, 0.6) is 5.88 Å². The second-order valence-corrected chi connectivity index (χ2v) is 6.88. The number of hydrogen-bond donors (Lipinski definition) is 1. The summed E-state index contributed by atoms with van der Waals surface area (Å²) in [6, 6.07) is 3.96. The van der Waals surface area contributed by atoms with Crippen LogP contribution >= 0.6 is 0 Å². The fourth-order valence-corrected chi connectivity index (χ4v) is 3.38. The molecule has 3 heterocycles. The summed E-state index contributed by atoms with van der Waals surface area (Å²) in [7, 11) is 1.64. The summed E-state index contributed by atoms with van der Waals surface area (Å²) in [5.41, 5.74) is 8.50. The maximum atomic E-state index is 13.9. The Labute approximate surface area is 166 Å². The summed E-state index contributed by atoms with van der Waals surface area (Å²) >= 11 is 0. The van der Waals surface area contributed by atoms with E-state index >= 15 is 0 Å². The summed E-state index contributed by atoms with van der Waals surface area (Å²) in [6.45, 7) is 3.81. The number of halogens is 1. The van der Waals surface area contributed by atoms with E-state index in [9.17, 15) is 9.18 Å². The van der Waals surface area contributed by atoms with Crippen LogP contribution in [-0.4, -0.2) is 33.0 Å². The zero-order valence-corrected chi connectivity index (χ0v) is 16.3. The molecule has 0 saturated carbocycles. The molecule has 3 aromatic rings. The van der Waals surface area contributed by atoms with Gasteiger partial charge in [-0.2, -0.15) is 0 Å². The Kier molecular flexibility index (Phi) is 4.65. The summed E-state index contributed by atoms with van der Waals surface area (Å²) in [6.07, 6.45) is 1.44. The number of nitrogens with two attached hydrogens (primary N) is 1. The molecule has 0 aliphatic carbocycles. The molecule has 2 N–H and O–H groups in total. The van der Waals surface area contributed by atoms with Gasteiger partial charge in [0.2, 0.25) is 0 Å². The quantitative estimate of drug-likeness (QED) is 0.672. The van der Waals surface area contributed by atoms with Crippen molar-refractivity contribution in [1.29, 1.82) is 0 Å². The first-order valence-corrected chi connectivity index (χ1v) is 9.20. The molecule has 1 aliphatic rings. The Bertz CT molecular complexity index is 1100. The number of aromatic nitrogens is 3. The van der Waals surface area contributed by atoms with Crippen molar-refractivity contribution in [3.63, 3.8) is 0 Å². The van der Waals surface area contributed by atoms with E-state index in [0.717, 1.165) is 0 Å². The van der Waals surface area contributed by atoms with Crippen LogP contribution in [0.25, 0.3) is 11.3 Å². The molecule has 1 aromatic carbocycles. The maximum Gasteiger partial charge on any atom is 0.258 e. The van der Waals surface area contributed by atoms with E-state index in [2.05, 4.69) is 15.1 Å². The lowest BCUT2D eigenvalue weighted by Gasteiger charge is -2.23. The van der Waals surface area contributed by atoms with Crippen molar-refractivity contribution in [1.82, 2.24) is 20.0 Å². The van der Waals surface area contributed by atoms with Gasteiger partial charge in [-0.05, 0) is 31.5 Å². The lowest BCUT2D eigenvalue weighted by molar-refractivity contribution is 0.0767. The predicted octanol–water partition coefficient (Wildman–Crippen LogP) is 3.14. The van der Waals surface area contributed by atoms with Crippen molar-refractivity contribution < 1.29 is 18.4 Å². The van der Waals surface area contributed by atoms with E-state index in [4.69, 9.17) is 15.0 Å². The normalized spacial score (nSPS) is 16.3. The van der Waals surface area contributed by atoms with Crippen LogP contribution in [0.1, 0.15) is 47.3 Å². The van der Waals surface area contributed by atoms with Crippen molar-refractivity contribution in [3.05, 3.63) is 52.8 Å². The van der Waals surface area contributed by atoms with Crippen LogP contribution in [0.4, 0.5) is 10.2 Å². The molecular weight excluding hydrogens is 377 g/mol. The van der Waals surface area contributed by atoms with Gasteiger partial charge in [-0.3, -0.25) is 4.79 Å². The number of hydrogen-bond acceptors (Lipinski definition) is 7. The minimum absolute atomic E-state index is 0.0927. The Morgan fingerprint density at radius 3 is 2.93 bits per heavy atom. The summed E-state index contributed by atoms with van der Waals surface area (Å²) in [5, 5.41) is 4.11. The number of benzene rings is 1. The fraction of sp³-hybridized carbons (Fsp3) is 0.300. The van der Waals surface area contributed by atoms with E-state index in [-0.39, 0.29) is 24.1 Å². The summed E-state index contributed by atoms with van der Waals surface area (Å²) < 4.78 is 25.3. The first kappa shape index (κ1) is 18.9. The van der Waals surface area contributed by atoms with E-state index in [0.29, 0.717) is 40.3 Å². The molecule has 0 radical (unpaired) electrons. The molecule has 4 rings (SSSR count). The average Bonchev–Trinajstić information content (AvgIpc) is 3.10. The Morgan fingerprint density at radius 2 is 2.17 bits per heavy atom. The van der Waals surface area contributed by atoms with Gasteiger partial charge < -0.3 is 19.9 Å². The molecule has 2 bridgehead atoms. The summed E-state index contributed by atoms with van der Waals surface area (Å²) in [5.74, 6) is -0.102. The number of nitrogen functional groups attached to an aromatic ring is 1. The Hall–Kier alpha value is -3.49. The van der Waals surface area contributed by atoms with Crippen LogP contribution in [-0.2, 0) is 13.0 Å². The van der Waals surface area contributed by atoms with Crippen molar-refractivity contribution in [2.24, 2.45) is 0 Å². The highest BCUT2D eigenvalue weighted by Gasteiger charge is 2.27. The molecule has 150 valence electrons. The summed E-state index contributed by atoms with van der Waals surface area (Å²) in [4.78, 5) is 23.3. The molecule has 0 spiro atoms. The SMILES string of the molecule is CCc1noc2c1-c1cnc(N)c(n1)O[C@H](C)c1cc(F)ccc1C(=O)N(C)C2. The molecule has 2 aromatic heterocycles. The van der Waals surface area contributed by atoms with Gasteiger partial charge in [-0.1, -0.05) is 12.1 Å². The van der Waals surface area contributed by atoms with Gasteiger partial charge in [0.25, 0.3) is 11.8 Å². The van der Waals surface area contributed by atoms with E-state index in [1.807, 2.05) is 6.92 Å². The molecule has 0 fully saturated rings. The fourth-order valence-electron chi connectivity index (χ4n) is 3.38. The zero-order chi connectivity index (χ0) is 20.7. The minimum atomic E-state index is -0.683. The zero-order valence-electron chi connectivity index (χ0n) is 16.3. The highest BCUT2D eigenvalue weighted by molar-refractivity contribution is 5.95. The highest BCUT2D eigenvalue weighted by atomic mass is 19.1. The molecule has 29 heavy (non-hydrogen) atoms. The molecule has 1 aliphatic heterocycles. The lowest BCUT2D eigenvalue weighted by atomic mass is 10.0. The van der Waals surface area contributed by atoms with E-state index in [1.54, 1.807) is 14.0 Å². The molecule has 1 atom stereocenters. The number of nitrogens with zero attached hydrogens (tertiary/aromatic N) is 4. The van der Waals surface area contributed by atoms with Crippen molar-refractivity contribution in [2.75, 3.05) is 12.8 Å². The van der Waals surface area contributed by atoms with E-state index in [1.165, 1.54) is 29.3 Å². The third-order valence-electron chi connectivity index (χ3n) is 4.89.